The number of hydrogen-bond acceptors (Lipinski definition) is 18. The second-order valence-corrected chi connectivity index (χ2v) is 35.5. The van der Waals surface area contributed by atoms with E-state index in [2.05, 4.69) is 0 Å². The van der Waals surface area contributed by atoms with E-state index in [0.29, 0.717) is 104 Å². The molecule has 14 rings (SSSR count). The number of fused-ring (bicyclic) bond motifs is 4. The van der Waals surface area contributed by atoms with E-state index in [-0.39, 0.29) is 118 Å². The molecule has 0 saturated heterocycles. The van der Waals surface area contributed by atoms with Crippen LogP contribution in [0.2, 0.25) is 5.02 Å². The number of nitrogens with zero attached hydrogens (tertiary/aromatic N) is 6. The molecule has 0 bridgehead atoms. The first-order valence-corrected chi connectivity index (χ1v) is 42.3. The highest BCUT2D eigenvalue weighted by atomic mass is 35.5. The standard InChI is InChI=1S/C24H19FN2O4S.C23H19ClFNO4S.C23H19F2NO4S.C14H17N3O4S/c25-21-6-4-16(5-7-21)17-2-1-3-22(12-17)32(30,31)27-9-8-18-10-19(24(29)15-28)11-20(13-26)23(18)14-27;24-22-12-18(23(28)14-27)10-17-8-9-26(13-21(17)22)31(29,30)20-3-1-2-16(11-20)15-4-6-19(25)7-5-15;24-18-7-4-15(5-8-18)16-2-1-3-19(12-16)31(29,30)26-11-10-20-17(13-26)6-9-21(23(20)25)22(28)14-27;1-2-5-22(20,21)17-4-3-10-6-11(14(18)16-19)7-12(8-15)13(10)9-17/h1-7,10-12,28H,8-9,14-15H2;1-7,10-12,27H,8-9,13-14H2;1-9,12,27H,10-11,13-14H2;6-7,19H,2-5,9H2,1H3,(H,16,18). The van der Waals surface area contributed by atoms with Crippen LogP contribution in [0, 0.1) is 45.9 Å². The molecule has 0 aromatic heterocycles. The lowest BCUT2D eigenvalue weighted by molar-refractivity contribution is 0.0705. The Hall–Kier alpha value is -10.9. The van der Waals surface area contributed by atoms with Crippen LogP contribution in [-0.4, -0.2) is 146 Å². The summed E-state index contributed by atoms with van der Waals surface area (Å²) in [7, 11) is -14.8. The van der Waals surface area contributed by atoms with Crippen molar-refractivity contribution in [3.05, 3.63) is 300 Å². The van der Waals surface area contributed by atoms with Crippen LogP contribution in [0.25, 0.3) is 33.4 Å². The zero-order valence-corrected chi connectivity index (χ0v) is 65.9. The maximum absolute atomic E-state index is 14.7. The van der Waals surface area contributed by atoms with Crippen molar-refractivity contribution in [1.82, 2.24) is 22.7 Å². The predicted molar refractivity (Wildman–Crippen MR) is 421 cm³/mol. The van der Waals surface area contributed by atoms with Crippen molar-refractivity contribution in [3.63, 3.8) is 0 Å². The molecule has 4 heterocycles. The average molecular weight is 1680 g/mol. The number of carbonyl (C=O) groups is 4. The largest absolute Gasteiger partial charge is 0.388 e. The fraction of sp³-hybridized carbons (Fsp3) is 0.214. The molecule has 23 nitrogen and oxygen atoms in total. The molecule has 0 radical (unpaired) electrons. The third-order valence-corrected chi connectivity index (χ3v) is 27.8. The number of aliphatic hydroxyl groups is 3. The molecule has 0 atom stereocenters. The minimum absolute atomic E-state index is 0.00886. The van der Waals surface area contributed by atoms with Crippen molar-refractivity contribution in [3.8, 4) is 45.5 Å². The highest BCUT2D eigenvalue weighted by molar-refractivity contribution is 7.90. The fourth-order valence-electron chi connectivity index (χ4n) is 13.8. The second-order valence-electron chi connectivity index (χ2n) is 27.2. The third-order valence-electron chi connectivity index (χ3n) is 19.9. The number of sulfonamides is 4. The lowest BCUT2D eigenvalue weighted by Gasteiger charge is -2.29. The molecule has 0 aliphatic carbocycles. The van der Waals surface area contributed by atoms with E-state index >= 15 is 0 Å². The van der Waals surface area contributed by atoms with Gasteiger partial charge in [0.15, 0.2) is 17.3 Å². The summed E-state index contributed by atoms with van der Waals surface area (Å²) in [6, 6.07) is 52.7. The van der Waals surface area contributed by atoms with Gasteiger partial charge in [0.25, 0.3) is 5.91 Å². The number of nitrogens with one attached hydrogen (secondary N) is 1. The van der Waals surface area contributed by atoms with Crippen LogP contribution in [0.1, 0.15) is 110 Å². The zero-order valence-electron chi connectivity index (χ0n) is 61.9. The molecule has 32 heteroatoms. The van der Waals surface area contributed by atoms with Gasteiger partial charge in [0.2, 0.25) is 40.1 Å². The number of benzene rings is 10. The van der Waals surface area contributed by atoms with Crippen molar-refractivity contribution < 1.29 is 90.9 Å². The fourth-order valence-corrected chi connectivity index (χ4v) is 19.9. The number of Topliss-reactive ketones (excluding diaryl/α,β-unsaturated/α-hetero) is 3. The van der Waals surface area contributed by atoms with Gasteiger partial charge in [0.1, 0.15) is 43.1 Å². The number of aliphatic hydroxyl groups excluding tert-OH is 3. The number of ketones is 3. The first-order chi connectivity index (χ1) is 55.3. The number of carbonyl (C=O) groups excluding carboxylic acids is 4. The molecule has 5 N–H and O–H groups in total. The number of amides is 1. The molecule has 0 unspecified atom stereocenters. The molecule has 0 spiro atoms. The SMILES string of the molecule is CCCS(=O)(=O)N1CCc2cc(C(=O)NO)cc(C#N)c2C1.N#Cc1cc(C(=O)CO)cc2c1CN(S(=O)(=O)c1cccc(-c3ccc(F)cc3)c1)CC2.O=C(CO)c1cc(Cl)c2c(c1)CCN(S(=O)(=O)c1cccc(-c3ccc(F)cc3)c1)C2.O=C(CO)c1ccc2c(c1F)CCN(S(=O)(=O)c1cccc(-c3ccc(F)cc3)c1)C2. The van der Waals surface area contributed by atoms with Gasteiger partial charge in [-0.15, -0.1) is 0 Å². The molecule has 4 aliphatic rings. The molecular formula is C84H74ClF4N7O16S4. The minimum Gasteiger partial charge on any atom is -0.388 e. The Labute approximate surface area is 672 Å². The van der Waals surface area contributed by atoms with E-state index < -0.39 is 89.0 Å². The van der Waals surface area contributed by atoms with Crippen LogP contribution in [0.15, 0.2) is 209 Å². The number of rotatable bonds is 19. The van der Waals surface area contributed by atoms with Crippen LogP contribution in [0.4, 0.5) is 17.6 Å². The van der Waals surface area contributed by atoms with E-state index in [9.17, 15) is 80.9 Å². The first kappa shape index (κ1) is 86.0. The molecule has 4 aliphatic heterocycles. The van der Waals surface area contributed by atoms with Crippen molar-refractivity contribution in [2.24, 2.45) is 0 Å². The predicted octanol–water partition coefficient (Wildman–Crippen LogP) is 11.7. The summed E-state index contributed by atoms with van der Waals surface area (Å²) in [5, 5.41) is 55.0. The molecule has 0 fully saturated rings. The summed E-state index contributed by atoms with van der Waals surface area (Å²) >= 11 is 6.34. The maximum atomic E-state index is 14.7. The Morgan fingerprint density at radius 3 is 1.21 bits per heavy atom. The maximum Gasteiger partial charge on any atom is 0.274 e. The molecule has 116 heavy (non-hydrogen) atoms. The third kappa shape index (κ3) is 19.3. The van der Waals surface area contributed by atoms with Gasteiger partial charge in [-0.1, -0.05) is 97.4 Å². The zero-order chi connectivity index (χ0) is 83.6. The van der Waals surface area contributed by atoms with Crippen LogP contribution in [0.5, 0.6) is 0 Å². The lowest BCUT2D eigenvalue weighted by Crippen LogP contribution is -2.38. The number of hydroxylamine groups is 1. The summed E-state index contributed by atoms with van der Waals surface area (Å²) in [4.78, 5) is 47.2. The van der Waals surface area contributed by atoms with E-state index in [1.54, 1.807) is 110 Å². The second kappa shape index (κ2) is 37.0. The Morgan fingerprint density at radius 1 is 0.422 bits per heavy atom. The molecular weight excluding hydrogens is 1600 g/mol. The Morgan fingerprint density at radius 2 is 0.793 bits per heavy atom. The molecule has 10 aromatic carbocycles. The van der Waals surface area contributed by atoms with Crippen LogP contribution < -0.4 is 5.48 Å². The topological polar surface area (TPSA) is 358 Å². The Bertz CT molecular complexity index is 6060. The van der Waals surface area contributed by atoms with E-state index in [0.717, 1.165) is 16.7 Å². The van der Waals surface area contributed by atoms with Crippen LogP contribution >= 0.6 is 11.6 Å². The molecule has 10 aromatic rings. The highest BCUT2D eigenvalue weighted by Gasteiger charge is 2.36. The Balaban J connectivity index is 0.000000153. The average Bonchev–Trinajstić information content (AvgIpc) is 0.776. The lowest BCUT2D eigenvalue weighted by atomic mass is 9.92. The number of nitriles is 2. The molecule has 0 saturated carbocycles. The van der Waals surface area contributed by atoms with Gasteiger partial charge in [0, 0.05) is 74.1 Å². The van der Waals surface area contributed by atoms with Gasteiger partial charge in [-0.05, 0) is 225 Å². The first-order valence-electron chi connectivity index (χ1n) is 36.0. The summed E-state index contributed by atoms with van der Waals surface area (Å²) in [6.45, 7) is 0.768. The van der Waals surface area contributed by atoms with Gasteiger partial charge in [-0.2, -0.15) is 27.7 Å². The Kier molecular flexibility index (Phi) is 27.4. The van der Waals surface area contributed by atoms with Crippen molar-refractivity contribution in [1.29, 1.82) is 10.5 Å². The monoisotopic (exact) mass is 1680 g/mol. The van der Waals surface area contributed by atoms with Gasteiger partial charge >= 0.3 is 0 Å². The van der Waals surface area contributed by atoms with Gasteiger partial charge < -0.3 is 15.3 Å². The van der Waals surface area contributed by atoms with E-state index in [4.69, 9.17) is 32.1 Å². The molecule has 600 valence electrons. The summed E-state index contributed by atoms with van der Waals surface area (Å²) in [5.74, 6) is -4.07. The van der Waals surface area contributed by atoms with Gasteiger partial charge in [0.05, 0.1) is 49.3 Å². The minimum atomic E-state index is -3.86. The van der Waals surface area contributed by atoms with Crippen molar-refractivity contribution >= 4 is 75.0 Å². The van der Waals surface area contributed by atoms with E-state index in [1.165, 1.54) is 114 Å². The summed E-state index contributed by atoms with van der Waals surface area (Å²) < 4.78 is 164. The highest BCUT2D eigenvalue weighted by Crippen LogP contribution is 2.37. The van der Waals surface area contributed by atoms with Crippen LogP contribution in [0.3, 0.4) is 0 Å². The van der Waals surface area contributed by atoms with E-state index in [1.807, 2.05) is 12.1 Å². The van der Waals surface area contributed by atoms with Crippen molar-refractivity contribution in [2.45, 2.75) is 79.9 Å². The summed E-state index contributed by atoms with van der Waals surface area (Å²) in [5.41, 5.74) is 11.5. The normalized spacial score (nSPS) is 14.3. The van der Waals surface area contributed by atoms with Gasteiger partial charge in [-0.25, -0.2) is 56.7 Å². The van der Waals surface area contributed by atoms with Crippen LogP contribution in [-0.2, 0) is 92.0 Å². The summed E-state index contributed by atoms with van der Waals surface area (Å²) in [6.07, 6.45) is 1.82. The van der Waals surface area contributed by atoms with Gasteiger partial charge in [-0.3, -0.25) is 24.4 Å². The smallest absolute Gasteiger partial charge is 0.274 e. The molecule has 1 amide bonds. The number of hydrogen-bond donors (Lipinski definition) is 5. The number of halogens is 5. The quantitative estimate of drug-likeness (QED) is 0.0217. The van der Waals surface area contributed by atoms with Crippen molar-refractivity contribution in [2.75, 3.05) is 51.8 Å².